The molecule has 0 radical (unpaired) electrons. The Balaban J connectivity index is 2.06. The summed E-state index contributed by atoms with van der Waals surface area (Å²) in [6, 6.07) is 21.1. The Bertz CT molecular complexity index is 1110. The number of rotatable bonds is 1. The van der Waals surface area contributed by atoms with E-state index >= 15 is 0 Å². The highest BCUT2D eigenvalue weighted by atomic mass is 14.4. The van der Waals surface area contributed by atoms with Crippen LogP contribution in [0.15, 0.2) is 54.6 Å². The fourth-order valence-corrected chi connectivity index (χ4v) is 4.71. The monoisotopic (exact) mass is 396 g/mol. The Labute approximate surface area is 183 Å². The van der Waals surface area contributed by atoms with Crippen molar-refractivity contribution in [1.29, 1.82) is 0 Å². The number of hydrogen-bond acceptors (Lipinski definition) is 0. The van der Waals surface area contributed by atoms with E-state index < -0.39 is 0 Å². The molecule has 0 fully saturated rings. The van der Waals surface area contributed by atoms with Crippen LogP contribution in [0.25, 0.3) is 22.3 Å². The summed E-state index contributed by atoms with van der Waals surface area (Å²) in [5, 5.41) is 0. The fraction of sp³-hybridized carbons (Fsp3) is 0.400. The van der Waals surface area contributed by atoms with E-state index in [1.807, 2.05) is 0 Å². The second kappa shape index (κ2) is 6.58. The van der Waals surface area contributed by atoms with E-state index in [9.17, 15) is 0 Å². The Hall–Kier alpha value is -2.34. The van der Waals surface area contributed by atoms with Crippen LogP contribution in [0.1, 0.15) is 83.2 Å². The molecule has 0 N–H and O–H groups in total. The van der Waals surface area contributed by atoms with Crippen LogP contribution < -0.4 is 0 Å². The lowest BCUT2D eigenvalue weighted by Gasteiger charge is -2.27. The molecule has 156 valence electrons. The molecule has 0 aromatic heterocycles. The van der Waals surface area contributed by atoms with Gasteiger partial charge in [-0.25, -0.2) is 0 Å². The first kappa shape index (κ1) is 20.9. The number of benzene rings is 3. The van der Waals surface area contributed by atoms with Gasteiger partial charge in [-0.2, -0.15) is 0 Å². The van der Waals surface area contributed by atoms with Gasteiger partial charge in [0.05, 0.1) is 0 Å². The average Bonchev–Trinajstić information content (AvgIpc) is 2.88. The lowest BCUT2D eigenvalue weighted by atomic mass is 9.76. The molecule has 0 aliphatic heterocycles. The molecule has 0 heterocycles. The summed E-state index contributed by atoms with van der Waals surface area (Å²) in [7, 11) is 0. The third-order valence-corrected chi connectivity index (χ3v) is 6.87. The van der Waals surface area contributed by atoms with Crippen LogP contribution in [0.5, 0.6) is 0 Å². The average molecular weight is 397 g/mol. The van der Waals surface area contributed by atoms with Crippen molar-refractivity contribution in [2.75, 3.05) is 0 Å². The first-order chi connectivity index (χ1) is 13.8. The van der Waals surface area contributed by atoms with Crippen molar-refractivity contribution in [2.24, 2.45) is 0 Å². The summed E-state index contributed by atoms with van der Waals surface area (Å²) in [6.07, 6.45) is 0. The van der Waals surface area contributed by atoms with Crippen LogP contribution in [0.3, 0.4) is 0 Å². The Kier molecular flexibility index (Phi) is 4.59. The van der Waals surface area contributed by atoms with E-state index in [0.29, 0.717) is 0 Å². The van der Waals surface area contributed by atoms with Crippen molar-refractivity contribution < 1.29 is 0 Å². The molecule has 0 amide bonds. The van der Waals surface area contributed by atoms with E-state index in [-0.39, 0.29) is 16.2 Å². The molecule has 0 heteroatoms. The Morgan fingerprint density at radius 3 is 1.73 bits per heavy atom. The summed E-state index contributed by atoms with van der Waals surface area (Å²) < 4.78 is 0. The highest BCUT2D eigenvalue weighted by Gasteiger charge is 2.39. The zero-order valence-corrected chi connectivity index (χ0v) is 20.2. The number of aryl methyl sites for hydroxylation is 1. The number of hydrogen-bond donors (Lipinski definition) is 0. The summed E-state index contributed by atoms with van der Waals surface area (Å²) in [6.45, 7) is 20.8. The molecule has 0 spiro atoms. The summed E-state index contributed by atoms with van der Waals surface area (Å²) in [5.74, 6) is 0. The molecule has 4 rings (SSSR count). The molecule has 3 aromatic rings. The van der Waals surface area contributed by atoms with Gasteiger partial charge in [-0.1, -0.05) is 109 Å². The van der Waals surface area contributed by atoms with Crippen molar-refractivity contribution in [3.63, 3.8) is 0 Å². The van der Waals surface area contributed by atoms with Gasteiger partial charge in [0.2, 0.25) is 0 Å². The molecule has 0 nitrogen and oxygen atoms in total. The second-order valence-corrected chi connectivity index (χ2v) is 11.7. The summed E-state index contributed by atoms with van der Waals surface area (Å²) >= 11 is 0. The maximum absolute atomic E-state index is 2.48. The molecular formula is C30H36. The quantitative estimate of drug-likeness (QED) is 0.386. The molecule has 0 bridgehead atoms. The molecule has 0 saturated heterocycles. The second-order valence-electron chi connectivity index (χ2n) is 11.7. The van der Waals surface area contributed by atoms with Gasteiger partial charge in [0.25, 0.3) is 0 Å². The predicted octanol–water partition coefficient (Wildman–Crippen LogP) is 8.56. The highest BCUT2D eigenvalue weighted by molar-refractivity contribution is 5.93. The molecule has 30 heavy (non-hydrogen) atoms. The van der Waals surface area contributed by atoms with Crippen LogP contribution in [0.4, 0.5) is 0 Å². The first-order valence-electron chi connectivity index (χ1n) is 11.2. The maximum Gasteiger partial charge on any atom is 0.0159 e. The van der Waals surface area contributed by atoms with Crippen LogP contribution in [0, 0.1) is 6.92 Å². The lowest BCUT2D eigenvalue weighted by Crippen LogP contribution is -2.19. The Morgan fingerprint density at radius 1 is 0.600 bits per heavy atom. The smallest absolute Gasteiger partial charge is 0.0159 e. The first-order valence-corrected chi connectivity index (χ1v) is 11.2. The van der Waals surface area contributed by atoms with Gasteiger partial charge in [-0.3, -0.25) is 0 Å². The van der Waals surface area contributed by atoms with Crippen LogP contribution >= 0.6 is 0 Å². The largest absolute Gasteiger partial charge is 0.0587 e. The molecular weight excluding hydrogens is 360 g/mol. The van der Waals surface area contributed by atoms with Crippen LogP contribution in [-0.4, -0.2) is 0 Å². The van der Waals surface area contributed by atoms with E-state index in [4.69, 9.17) is 0 Å². The topological polar surface area (TPSA) is 0 Å². The number of fused-ring (bicyclic) bond motifs is 3. The highest BCUT2D eigenvalue weighted by Crippen LogP contribution is 2.54. The van der Waals surface area contributed by atoms with E-state index in [2.05, 4.69) is 117 Å². The lowest BCUT2D eigenvalue weighted by molar-refractivity contribution is 0.580. The van der Waals surface area contributed by atoms with Gasteiger partial charge in [0.1, 0.15) is 0 Å². The Morgan fingerprint density at radius 2 is 1.17 bits per heavy atom. The zero-order valence-electron chi connectivity index (χ0n) is 20.2. The third kappa shape index (κ3) is 3.31. The van der Waals surface area contributed by atoms with Gasteiger partial charge < -0.3 is 0 Å². The van der Waals surface area contributed by atoms with Gasteiger partial charge in [-0.15, -0.1) is 0 Å². The molecule has 0 unspecified atom stereocenters. The minimum absolute atomic E-state index is 0.00731. The molecule has 0 saturated carbocycles. The van der Waals surface area contributed by atoms with Crippen molar-refractivity contribution >= 4 is 0 Å². The third-order valence-electron chi connectivity index (χ3n) is 6.87. The van der Waals surface area contributed by atoms with Crippen molar-refractivity contribution in [1.82, 2.24) is 0 Å². The molecule has 0 atom stereocenters. The van der Waals surface area contributed by atoms with E-state index in [1.54, 1.807) is 0 Å². The summed E-state index contributed by atoms with van der Waals surface area (Å²) in [5.41, 5.74) is 12.8. The normalized spacial score (nSPS) is 15.1. The molecule has 1 aliphatic carbocycles. The predicted molar refractivity (Wildman–Crippen MR) is 132 cm³/mol. The van der Waals surface area contributed by atoms with Crippen LogP contribution in [-0.2, 0) is 16.2 Å². The van der Waals surface area contributed by atoms with E-state index in [0.717, 1.165) is 0 Å². The molecule has 3 aromatic carbocycles. The van der Waals surface area contributed by atoms with Crippen molar-refractivity contribution in [3.8, 4) is 22.3 Å². The molecule has 1 aliphatic rings. The van der Waals surface area contributed by atoms with Gasteiger partial charge >= 0.3 is 0 Å². The van der Waals surface area contributed by atoms with Gasteiger partial charge in [0, 0.05) is 5.41 Å². The minimum atomic E-state index is -0.00731. The minimum Gasteiger partial charge on any atom is -0.0587 e. The maximum atomic E-state index is 2.48. The van der Waals surface area contributed by atoms with Crippen molar-refractivity contribution in [2.45, 2.75) is 78.6 Å². The van der Waals surface area contributed by atoms with Gasteiger partial charge in [-0.05, 0) is 68.3 Å². The van der Waals surface area contributed by atoms with Gasteiger partial charge in [0.15, 0.2) is 0 Å². The summed E-state index contributed by atoms with van der Waals surface area (Å²) in [4.78, 5) is 0. The standard InChI is InChI=1S/C30H36/c1-19-10-12-20(13-11-19)24-16-22(29(5,6)7)18-26-27(24)23-15-14-21(28(2,3)4)17-25(23)30(26,8)9/h10-18H,1-9H3. The van der Waals surface area contributed by atoms with Crippen molar-refractivity contribution in [3.05, 3.63) is 82.4 Å². The SMILES string of the molecule is Cc1ccc(-c2cc(C(C)(C)C)cc3c2-c2ccc(C(C)(C)C)cc2C3(C)C)cc1. The fourth-order valence-electron chi connectivity index (χ4n) is 4.71. The van der Waals surface area contributed by atoms with E-state index in [1.165, 1.54) is 50.1 Å². The van der Waals surface area contributed by atoms with Crippen LogP contribution in [0.2, 0.25) is 0 Å². The zero-order chi connectivity index (χ0) is 22.1.